The fourth-order valence-corrected chi connectivity index (χ4v) is 1.94. The number of anilines is 1. The van der Waals surface area contributed by atoms with Crippen LogP contribution in [0, 0.1) is 10.1 Å². The van der Waals surface area contributed by atoms with E-state index in [4.69, 9.17) is 11.6 Å². The predicted octanol–water partition coefficient (Wildman–Crippen LogP) is 3.66. The van der Waals surface area contributed by atoms with Crippen molar-refractivity contribution in [2.75, 3.05) is 5.32 Å². The number of pyridine rings is 1. The molecule has 1 aromatic heterocycles. The van der Waals surface area contributed by atoms with Crippen LogP contribution in [-0.2, 0) is 0 Å². The molecule has 6 nitrogen and oxygen atoms in total. The van der Waals surface area contributed by atoms with Gasteiger partial charge in [-0.05, 0) is 40.2 Å². The van der Waals surface area contributed by atoms with Gasteiger partial charge < -0.3 is 5.32 Å². The molecule has 102 valence electrons. The number of amides is 1. The molecule has 0 radical (unpaired) electrons. The van der Waals surface area contributed by atoms with Crippen molar-refractivity contribution in [3.05, 3.63) is 61.7 Å². The number of halogens is 2. The van der Waals surface area contributed by atoms with Crippen molar-refractivity contribution < 1.29 is 9.72 Å². The number of carbonyl (C=O) groups excluding carboxylic acids is 1. The summed E-state index contributed by atoms with van der Waals surface area (Å²) in [6.07, 6.45) is 1.39. The minimum Gasteiger partial charge on any atom is -0.307 e. The van der Waals surface area contributed by atoms with Gasteiger partial charge in [0.05, 0.1) is 14.4 Å². The Morgan fingerprint density at radius 3 is 2.70 bits per heavy atom. The van der Waals surface area contributed by atoms with E-state index in [1.54, 1.807) is 6.07 Å². The lowest BCUT2D eigenvalue weighted by Crippen LogP contribution is -2.13. The van der Waals surface area contributed by atoms with Crippen LogP contribution in [0.15, 0.2) is 41.0 Å². The number of carbonyl (C=O) groups is 1. The molecule has 0 aliphatic heterocycles. The number of nitrogens with zero attached hydrogens (tertiary/aromatic N) is 2. The molecule has 0 bridgehead atoms. The normalized spacial score (nSPS) is 10.1. The Balaban J connectivity index is 2.23. The van der Waals surface area contributed by atoms with Gasteiger partial charge >= 0.3 is 0 Å². The van der Waals surface area contributed by atoms with Crippen molar-refractivity contribution in [2.45, 2.75) is 0 Å². The average Bonchev–Trinajstić information content (AvgIpc) is 2.41. The highest BCUT2D eigenvalue weighted by atomic mass is 79.9. The van der Waals surface area contributed by atoms with Gasteiger partial charge in [0.2, 0.25) is 0 Å². The molecule has 0 saturated carbocycles. The molecule has 1 aromatic carbocycles. The molecular formula is C12H7BrClN3O3. The Hall–Kier alpha value is -1.99. The van der Waals surface area contributed by atoms with Crippen LogP contribution in [0.2, 0.25) is 5.02 Å². The van der Waals surface area contributed by atoms with Crippen LogP contribution in [0.4, 0.5) is 11.5 Å². The molecule has 0 aliphatic carbocycles. The highest BCUT2D eigenvalue weighted by Gasteiger charge is 2.16. The monoisotopic (exact) mass is 355 g/mol. The quantitative estimate of drug-likeness (QED) is 0.672. The molecule has 0 saturated heterocycles. The van der Waals surface area contributed by atoms with Crippen molar-refractivity contribution >= 4 is 44.9 Å². The van der Waals surface area contributed by atoms with E-state index in [9.17, 15) is 14.9 Å². The van der Waals surface area contributed by atoms with Crippen LogP contribution in [0.3, 0.4) is 0 Å². The third-order valence-corrected chi connectivity index (χ3v) is 3.27. The first-order valence-electron chi connectivity index (χ1n) is 5.34. The van der Waals surface area contributed by atoms with Crippen molar-refractivity contribution in [2.24, 2.45) is 0 Å². The van der Waals surface area contributed by atoms with Crippen molar-refractivity contribution in [1.29, 1.82) is 0 Å². The first kappa shape index (κ1) is 14.4. The highest BCUT2D eigenvalue weighted by Crippen LogP contribution is 2.25. The van der Waals surface area contributed by atoms with Gasteiger partial charge in [-0.1, -0.05) is 11.6 Å². The first-order chi connectivity index (χ1) is 9.47. The van der Waals surface area contributed by atoms with Crippen molar-refractivity contribution in [1.82, 2.24) is 4.98 Å². The van der Waals surface area contributed by atoms with Crippen LogP contribution < -0.4 is 5.32 Å². The fourth-order valence-electron chi connectivity index (χ4n) is 1.43. The van der Waals surface area contributed by atoms with Gasteiger partial charge in [-0.25, -0.2) is 4.98 Å². The van der Waals surface area contributed by atoms with E-state index in [-0.39, 0.29) is 11.3 Å². The maximum atomic E-state index is 12.0. The summed E-state index contributed by atoms with van der Waals surface area (Å²) in [4.78, 5) is 26.1. The van der Waals surface area contributed by atoms with Crippen LogP contribution in [-0.4, -0.2) is 15.8 Å². The van der Waals surface area contributed by atoms with Crippen LogP contribution in [0.5, 0.6) is 0 Å². The van der Waals surface area contributed by atoms with E-state index >= 15 is 0 Å². The lowest BCUT2D eigenvalue weighted by molar-refractivity contribution is -0.385. The van der Waals surface area contributed by atoms with E-state index in [1.165, 1.54) is 30.5 Å². The second-order valence-corrected chi connectivity index (χ2v) is 5.03. The summed E-state index contributed by atoms with van der Waals surface area (Å²) in [6, 6.07) is 7.22. The number of hydrogen-bond donors (Lipinski definition) is 1. The molecular weight excluding hydrogens is 350 g/mol. The van der Waals surface area contributed by atoms with E-state index in [0.29, 0.717) is 15.3 Å². The molecule has 0 aliphatic rings. The number of aromatic nitrogens is 1. The summed E-state index contributed by atoms with van der Waals surface area (Å²) < 4.78 is 0.309. The number of benzene rings is 1. The maximum Gasteiger partial charge on any atom is 0.284 e. The lowest BCUT2D eigenvalue weighted by Gasteiger charge is -2.05. The Kier molecular flexibility index (Phi) is 4.31. The third kappa shape index (κ3) is 3.31. The average molecular weight is 357 g/mol. The first-order valence-corrected chi connectivity index (χ1v) is 6.51. The van der Waals surface area contributed by atoms with E-state index in [1.807, 2.05) is 0 Å². The van der Waals surface area contributed by atoms with Crippen molar-refractivity contribution in [3.8, 4) is 0 Å². The van der Waals surface area contributed by atoms with Crippen LogP contribution in [0.1, 0.15) is 10.4 Å². The van der Waals surface area contributed by atoms with Gasteiger partial charge in [0.15, 0.2) is 0 Å². The SMILES string of the molecule is O=C(Nc1ccc(Cl)cn1)c1ccc(Br)c([N+](=O)[O-])c1. The maximum absolute atomic E-state index is 12.0. The predicted molar refractivity (Wildman–Crippen MR) is 78.0 cm³/mol. The van der Waals surface area contributed by atoms with Gasteiger partial charge in [-0.3, -0.25) is 14.9 Å². The minimum atomic E-state index is -0.568. The second kappa shape index (κ2) is 5.98. The van der Waals surface area contributed by atoms with E-state index in [2.05, 4.69) is 26.2 Å². The van der Waals surface area contributed by atoms with E-state index < -0.39 is 10.8 Å². The molecule has 2 rings (SSSR count). The van der Waals surface area contributed by atoms with Gasteiger partial charge in [-0.15, -0.1) is 0 Å². The Bertz CT molecular complexity index is 676. The highest BCUT2D eigenvalue weighted by molar-refractivity contribution is 9.10. The van der Waals surface area contributed by atoms with Gasteiger partial charge in [0, 0.05) is 17.8 Å². The third-order valence-electron chi connectivity index (χ3n) is 2.37. The molecule has 1 heterocycles. The zero-order valence-corrected chi connectivity index (χ0v) is 12.2. The summed E-state index contributed by atoms with van der Waals surface area (Å²) in [5, 5.41) is 13.8. The summed E-state index contributed by atoms with van der Waals surface area (Å²) >= 11 is 8.74. The van der Waals surface area contributed by atoms with E-state index in [0.717, 1.165) is 0 Å². The van der Waals surface area contributed by atoms with Gasteiger partial charge in [0.1, 0.15) is 5.82 Å². The van der Waals surface area contributed by atoms with Crippen LogP contribution in [0.25, 0.3) is 0 Å². The Morgan fingerprint density at radius 2 is 2.10 bits per heavy atom. The largest absolute Gasteiger partial charge is 0.307 e. The summed E-state index contributed by atoms with van der Waals surface area (Å²) in [6.45, 7) is 0. The zero-order valence-electron chi connectivity index (χ0n) is 9.84. The Labute approximate surface area is 127 Å². The molecule has 1 amide bonds. The molecule has 0 unspecified atom stereocenters. The molecule has 0 fully saturated rings. The molecule has 2 aromatic rings. The fraction of sp³-hybridized carbons (Fsp3) is 0. The smallest absolute Gasteiger partial charge is 0.284 e. The topological polar surface area (TPSA) is 85.1 Å². The summed E-state index contributed by atoms with van der Waals surface area (Å²) in [5.41, 5.74) is -0.0154. The molecule has 0 atom stereocenters. The van der Waals surface area contributed by atoms with Gasteiger partial charge in [-0.2, -0.15) is 0 Å². The molecule has 20 heavy (non-hydrogen) atoms. The number of rotatable bonds is 3. The molecule has 0 spiro atoms. The van der Waals surface area contributed by atoms with Crippen molar-refractivity contribution in [3.63, 3.8) is 0 Å². The summed E-state index contributed by atoms with van der Waals surface area (Å²) in [7, 11) is 0. The molecule has 8 heteroatoms. The minimum absolute atomic E-state index is 0.164. The second-order valence-electron chi connectivity index (χ2n) is 3.74. The Morgan fingerprint density at radius 1 is 1.35 bits per heavy atom. The number of hydrogen-bond acceptors (Lipinski definition) is 4. The lowest BCUT2D eigenvalue weighted by atomic mass is 10.2. The number of nitro benzene ring substituents is 1. The number of nitrogens with one attached hydrogen (secondary N) is 1. The van der Waals surface area contributed by atoms with Crippen LogP contribution >= 0.6 is 27.5 Å². The standard InChI is InChI=1S/C12H7BrClN3O3/c13-9-3-1-7(5-10(9)17(19)20)12(18)16-11-4-2-8(14)6-15-11/h1-6H,(H,15,16,18). The summed E-state index contributed by atoms with van der Waals surface area (Å²) in [5.74, 6) is -0.180. The van der Waals surface area contributed by atoms with Gasteiger partial charge in [0.25, 0.3) is 11.6 Å². The molecule has 1 N–H and O–H groups in total. The zero-order chi connectivity index (χ0) is 14.7. The number of nitro groups is 1.